The summed E-state index contributed by atoms with van der Waals surface area (Å²) in [6.45, 7) is 2.58. The van der Waals surface area contributed by atoms with Crippen molar-refractivity contribution in [2.75, 3.05) is 12.4 Å². The molecule has 3 rings (SSSR count). The Hall–Kier alpha value is -3.18. The van der Waals surface area contributed by atoms with Crippen LogP contribution in [0.25, 0.3) is 0 Å². The fraction of sp³-hybridized carbons (Fsp3) is 0.174. The third-order valence-corrected chi connectivity index (χ3v) is 4.82. The number of aromatic carboxylic acids is 1. The van der Waals surface area contributed by atoms with Gasteiger partial charge in [0.15, 0.2) is 11.5 Å². The lowest BCUT2D eigenvalue weighted by molar-refractivity contribution is 0.0696. The quantitative estimate of drug-likeness (QED) is 0.509. The molecule has 0 heterocycles. The highest BCUT2D eigenvalue weighted by Crippen LogP contribution is 2.33. The summed E-state index contributed by atoms with van der Waals surface area (Å²) in [5, 5.41) is 13.3. The lowest BCUT2D eigenvalue weighted by Gasteiger charge is -2.17. The SMILES string of the molecule is COc1cccc(CNc2cccc(C(=O)O)c2C)c1OCc1cccc(Cl)c1. The number of rotatable bonds is 8. The molecule has 0 fully saturated rings. The van der Waals surface area contributed by atoms with Gasteiger partial charge in [-0.05, 0) is 48.4 Å². The van der Waals surface area contributed by atoms with Gasteiger partial charge in [0, 0.05) is 22.8 Å². The topological polar surface area (TPSA) is 67.8 Å². The first-order chi connectivity index (χ1) is 14.0. The van der Waals surface area contributed by atoms with Crippen LogP contribution in [0.1, 0.15) is 27.0 Å². The van der Waals surface area contributed by atoms with Crippen molar-refractivity contribution in [1.29, 1.82) is 0 Å². The van der Waals surface area contributed by atoms with Crippen LogP contribution < -0.4 is 14.8 Å². The molecule has 5 nitrogen and oxygen atoms in total. The van der Waals surface area contributed by atoms with Crippen LogP contribution >= 0.6 is 11.6 Å². The molecule has 2 N–H and O–H groups in total. The molecule has 6 heteroatoms. The first kappa shape index (κ1) is 20.6. The summed E-state index contributed by atoms with van der Waals surface area (Å²) in [6.07, 6.45) is 0. The molecule has 0 saturated carbocycles. The Bertz CT molecular complexity index is 1020. The maximum absolute atomic E-state index is 11.4. The van der Waals surface area contributed by atoms with E-state index in [0.29, 0.717) is 35.2 Å². The van der Waals surface area contributed by atoms with Crippen molar-refractivity contribution in [3.63, 3.8) is 0 Å². The number of carboxylic acids is 1. The van der Waals surface area contributed by atoms with Crippen LogP contribution in [-0.4, -0.2) is 18.2 Å². The number of carbonyl (C=O) groups is 1. The van der Waals surface area contributed by atoms with Crippen LogP contribution in [0.15, 0.2) is 60.7 Å². The second kappa shape index (κ2) is 9.34. The summed E-state index contributed by atoms with van der Waals surface area (Å²) >= 11 is 6.05. The second-order valence-electron chi connectivity index (χ2n) is 6.50. The van der Waals surface area contributed by atoms with Gasteiger partial charge >= 0.3 is 5.97 Å². The monoisotopic (exact) mass is 411 g/mol. The third kappa shape index (κ3) is 5.00. The van der Waals surface area contributed by atoms with Crippen LogP contribution in [0.5, 0.6) is 11.5 Å². The zero-order valence-electron chi connectivity index (χ0n) is 16.2. The molecule has 0 aliphatic rings. The predicted octanol–water partition coefficient (Wildman–Crippen LogP) is 5.55. The summed E-state index contributed by atoms with van der Waals surface area (Å²) in [7, 11) is 1.60. The molecule has 0 aromatic heterocycles. The highest BCUT2D eigenvalue weighted by Gasteiger charge is 2.13. The summed E-state index contributed by atoms with van der Waals surface area (Å²) in [5.74, 6) is 0.315. The number of methoxy groups -OCH3 is 1. The van der Waals surface area contributed by atoms with Crippen LogP contribution in [0.3, 0.4) is 0 Å². The Morgan fingerprint density at radius 3 is 2.59 bits per heavy atom. The highest BCUT2D eigenvalue weighted by molar-refractivity contribution is 6.30. The van der Waals surface area contributed by atoms with Crippen molar-refractivity contribution in [1.82, 2.24) is 0 Å². The van der Waals surface area contributed by atoms with E-state index in [1.165, 1.54) is 0 Å². The minimum absolute atomic E-state index is 0.276. The molecular formula is C23H22ClNO4. The minimum atomic E-state index is -0.946. The Morgan fingerprint density at radius 1 is 1.10 bits per heavy atom. The van der Waals surface area contributed by atoms with Gasteiger partial charge in [0.05, 0.1) is 12.7 Å². The Morgan fingerprint density at radius 2 is 1.86 bits per heavy atom. The number of para-hydroxylation sites is 1. The molecule has 150 valence electrons. The summed E-state index contributed by atoms with van der Waals surface area (Å²) in [6, 6.07) is 18.3. The van der Waals surface area contributed by atoms with Crippen molar-refractivity contribution in [3.05, 3.63) is 87.9 Å². The van der Waals surface area contributed by atoms with Gasteiger partial charge < -0.3 is 19.9 Å². The van der Waals surface area contributed by atoms with E-state index in [1.54, 1.807) is 26.2 Å². The van der Waals surface area contributed by atoms with Gasteiger partial charge in [-0.2, -0.15) is 0 Å². The third-order valence-electron chi connectivity index (χ3n) is 4.59. The van der Waals surface area contributed by atoms with E-state index < -0.39 is 5.97 Å². The molecule has 0 atom stereocenters. The van der Waals surface area contributed by atoms with Crippen LogP contribution in [0, 0.1) is 6.92 Å². The molecule has 0 bridgehead atoms. The maximum Gasteiger partial charge on any atom is 0.336 e. The summed E-state index contributed by atoms with van der Waals surface area (Å²) in [5.41, 5.74) is 3.56. The van der Waals surface area contributed by atoms with E-state index in [0.717, 1.165) is 16.8 Å². The molecule has 0 spiro atoms. The number of ether oxygens (including phenoxy) is 2. The van der Waals surface area contributed by atoms with Crippen molar-refractivity contribution >= 4 is 23.3 Å². The van der Waals surface area contributed by atoms with Gasteiger partial charge in [0.1, 0.15) is 6.61 Å². The standard InChI is InChI=1S/C23H22ClNO4/c1-15-19(23(26)27)9-5-10-20(15)25-13-17-7-4-11-21(28-2)22(17)29-14-16-6-3-8-18(24)12-16/h3-12,25H,13-14H2,1-2H3,(H,26,27). The fourth-order valence-electron chi connectivity index (χ4n) is 3.06. The molecule has 29 heavy (non-hydrogen) atoms. The van der Waals surface area contributed by atoms with Crippen LogP contribution in [0.4, 0.5) is 5.69 Å². The van der Waals surface area contributed by atoms with Crippen molar-refractivity contribution in [2.24, 2.45) is 0 Å². The largest absolute Gasteiger partial charge is 0.493 e. The average Bonchev–Trinajstić information content (AvgIpc) is 2.71. The second-order valence-corrected chi connectivity index (χ2v) is 6.94. The summed E-state index contributed by atoms with van der Waals surface area (Å²) in [4.78, 5) is 11.4. The van der Waals surface area contributed by atoms with E-state index in [2.05, 4.69) is 5.32 Å². The Balaban J connectivity index is 1.81. The summed E-state index contributed by atoms with van der Waals surface area (Å²) < 4.78 is 11.5. The van der Waals surface area contributed by atoms with Crippen molar-refractivity contribution in [2.45, 2.75) is 20.1 Å². The molecular weight excluding hydrogens is 390 g/mol. The number of benzene rings is 3. The van der Waals surface area contributed by atoms with Crippen LogP contribution in [0.2, 0.25) is 5.02 Å². The normalized spacial score (nSPS) is 10.4. The van der Waals surface area contributed by atoms with E-state index in [1.807, 2.05) is 48.5 Å². The molecule has 0 aliphatic heterocycles. The van der Waals surface area contributed by atoms with Gasteiger partial charge in [-0.15, -0.1) is 0 Å². The number of hydrogen-bond donors (Lipinski definition) is 2. The fourth-order valence-corrected chi connectivity index (χ4v) is 3.27. The number of anilines is 1. The van der Waals surface area contributed by atoms with Crippen molar-refractivity contribution < 1.29 is 19.4 Å². The lowest BCUT2D eigenvalue weighted by Crippen LogP contribution is -2.08. The van der Waals surface area contributed by atoms with Gasteiger partial charge in [0.2, 0.25) is 0 Å². The first-order valence-electron chi connectivity index (χ1n) is 9.09. The van der Waals surface area contributed by atoms with E-state index in [-0.39, 0.29) is 5.56 Å². The Kier molecular flexibility index (Phi) is 6.62. The van der Waals surface area contributed by atoms with E-state index in [9.17, 15) is 9.90 Å². The van der Waals surface area contributed by atoms with Gasteiger partial charge in [-0.3, -0.25) is 0 Å². The van der Waals surface area contributed by atoms with E-state index >= 15 is 0 Å². The average molecular weight is 412 g/mol. The molecule has 0 aliphatic carbocycles. The maximum atomic E-state index is 11.4. The number of carboxylic acid groups (broad SMARTS) is 1. The number of nitrogens with one attached hydrogen (secondary N) is 1. The van der Waals surface area contributed by atoms with Gasteiger partial charge in [0.25, 0.3) is 0 Å². The van der Waals surface area contributed by atoms with Gasteiger partial charge in [-0.1, -0.05) is 41.9 Å². The highest BCUT2D eigenvalue weighted by atomic mass is 35.5. The molecule has 3 aromatic rings. The van der Waals surface area contributed by atoms with E-state index in [4.69, 9.17) is 21.1 Å². The molecule has 0 saturated heterocycles. The lowest BCUT2D eigenvalue weighted by atomic mass is 10.1. The first-order valence-corrected chi connectivity index (χ1v) is 9.47. The minimum Gasteiger partial charge on any atom is -0.493 e. The smallest absolute Gasteiger partial charge is 0.336 e. The Labute approximate surface area is 174 Å². The zero-order valence-corrected chi connectivity index (χ0v) is 17.0. The number of hydrogen-bond acceptors (Lipinski definition) is 4. The van der Waals surface area contributed by atoms with Crippen LogP contribution in [-0.2, 0) is 13.2 Å². The molecule has 0 unspecified atom stereocenters. The van der Waals surface area contributed by atoms with Gasteiger partial charge in [-0.25, -0.2) is 4.79 Å². The molecule has 0 amide bonds. The number of halogens is 1. The zero-order chi connectivity index (χ0) is 20.8. The predicted molar refractivity (Wildman–Crippen MR) is 114 cm³/mol. The molecule has 0 radical (unpaired) electrons. The molecule has 3 aromatic carbocycles. The van der Waals surface area contributed by atoms with Crippen molar-refractivity contribution in [3.8, 4) is 11.5 Å².